The maximum absolute atomic E-state index is 14.0. The van der Waals surface area contributed by atoms with Crippen molar-refractivity contribution in [3.8, 4) is 11.4 Å². The van der Waals surface area contributed by atoms with Gasteiger partial charge in [-0.15, -0.1) is 0 Å². The normalized spacial score (nSPS) is 23.1. The predicted octanol–water partition coefficient (Wildman–Crippen LogP) is 2.32. The molecule has 0 aliphatic carbocycles. The fourth-order valence-corrected chi connectivity index (χ4v) is 7.30. The van der Waals surface area contributed by atoms with Crippen molar-refractivity contribution in [3.63, 3.8) is 0 Å². The molecule has 3 atom stereocenters. The summed E-state index contributed by atoms with van der Waals surface area (Å²) in [6, 6.07) is 10.3. The summed E-state index contributed by atoms with van der Waals surface area (Å²) in [5.41, 5.74) is 1.11. The molecule has 240 valence electrons. The fourth-order valence-electron chi connectivity index (χ4n) is 7.30. The average molecular weight is 629 g/mol. The van der Waals surface area contributed by atoms with Gasteiger partial charge in [-0.2, -0.15) is 0 Å². The van der Waals surface area contributed by atoms with Crippen LogP contribution < -0.4 is 21.4 Å². The molecular formula is C33H36N6O7. The summed E-state index contributed by atoms with van der Waals surface area (Å²) in [5, 5.41) is 13.3. The van der Waals surface area contributed by atoms with Gasteiger partial charge in [-0.05, 0) is 81.6 Å². The van der Waals surface area contributed by atoms with Gasteiger partial charge >= 0.3 is 17.5 Å². The monoisotopic (exact) mass is 628 g/mol. The second-order valence-electron chi connectivity index (χ2n) is 12.8. The molecule has 0 saturated carbocycles. The highest BCUT2D eigenvalue weighted by molar-refractivity contribution is 5.94. The van der Waals surface area contributed by atoms with Crippen molar-refractivity contribution in [2.24, 2.45) is 0 Å². The zero-order valence-corrected chi connectivity index (χ0v) is 25.9. The van der Waals surface area contributed by atoms with E-state index in [0.29, 0.717) is 34.7 Å². The number of carboxylic acid groups (broad SMARTS) is 1. The Kier molecular flexibility index (Phi) is 7.03. The van der Waals surface area contributed by atoms with Gasteiger partial charge in [0.2, 0.25) is 5.91 Å². The Balaban J connectivity index is 1.29. The Morgan fingerprint density at radius 3 is 2.46 bits per heavy atom. The van der Waals surface area contributed by atoms with Gasteiger partial charge in [0.15, 0.2) is 5.78 Å². The van der Waals surface area contributed by atoms with Gasteiger partial charge in [0, 0.05) is 30.8 Å². The highest BCUT2D eigenvalue weighted by Gasteiger charge is 2.45. The quantitative estimate of drug-likeness (QED) is 0.331. The second kappa shape index (κ2) is 10.9. The topological polar surface area (TPSA) is 148 Å². The molecule has 4 aliphatic rings. The van der Waals surface area contributed by atoms with Crippen LogP contribution in [0.15, 0.2) is 63.7 Å². The molecule has 46 heavy (non-hydrogen) atoms. The summed E-state index contributed by atoms with van der Waals surface area (Å²) >= 11 is 0. The minimum Gasteiger partial charge on any atom is -0.483 e. The van der Waals surface area contributed by atoms with Crippen LogP contribution in [0.5, 0.6) is 5.75 Å². The smallest absolute Gasteiger partial charge is 0.407 e. The molecule has 5 heterocycles. The van der Waals surface area contributed by atoms with Gasteiger partial charge < -0.3 is 20.1 Å². The van der Waals surface area contributed by atoms with E-state index < -0.39 is 35.2 Å². The van der Waals surface area contributed by atoms with Crippen molar-refractivity contribution in [3.05, 3.63) is 91.8 Å². The van der Waals surface area contributed by atoms with Crippen molar-refractivity contribution in [1.82, 2.24) is 29.0 Å². The number of Topliss-reactive ketones (excluding diaryl/α,β-unsaturated/α-hetero) is 1. The van der Waals surface area contributed by atoms with Crippen LogP contribution in [0.1, 0.15) is 67.2 Å². The van der Waals surface area contributed by atoms with Crippen LogP contribution in [0.3, 0.4) is 0 Å². The van der Waals surface area contributed by atoms with E-state index in [1.165, 1.54) is 21.2 Å². The molecule has 2 aromatic carbocycles. The van der Waals surface area contributed by atoms with Crippen LogP contribution in [-0.4, -0.2) is 84.4 Å². The minimum absolute atomic E-state index is 0.0161. The predicted molar refractivity (Wildman–Crippen MR) is 167 cm³/mol. The molecular weight excluding hydrogens is 592 g/mol. The maximum atomic E-state index is 14.0. The molecule has 13 heteroatoms. The van der Waals surface area contributed by atoms with Crippen LogP contribution in [0.2, 0.25) is 0 Å². The summed E-state index contributed by atoms with van der Waals surface area (Å²) in [6.07, 6.45) is 2.54. The Labute approximate surface area is 264 Å². The van der Waals surface area contributed by atoms with Crippen LogP contribution >= 0.6 is 0 Å². The number of aromatic nitrogens is 3. The standard InChI is InChI=1S/C33H36N6O7/c1-19(40)20-6-9-22(10-7-20)38-30(42)37-14-12-24-28(39(37)31(38)43)23-11-8-21(17-27(23)46-33(24,2)3)26-18-35(15-16-36(26)32(44)45)29(41)25-5-4-13-34-25/h6-12,17,25-26,28,34H,4-5,13-16,18H2,1-3H3,(H,44,45)/t25-,26?,28?/m0/s1. The molecule has 0 spiro atoms. The van der Waals surface area contributed by atoms with Crippen molar-refractivity contribution in [2.75, 3.05) is 26.2 Å². The van der Waals surface area contributed by atoms with Crippen LogP contribution in [-0.2, 0) is 11.3 Å². The first-order valence-corrected chi connectivity index (χ1v) is 15.6. The number of piperazine rings is 1. The molecule has 4 aliphatic heterocycles. The summed E-state index contributed by atoms with van der Waals surface area (Å²) in [4.78, 5) is 68.1. The summed E-state index contributed by atoms with van der Waals surface area (Å²) in [5.74, 6) is 0.339. The molecule has 13 nitrogen and oxygen atoms in total. The lowest BCUT2D eigenvalue weighted by Crippen LogP contribution is -2.55. The van der Waals surface area contributed by atoms with Gasteiger partial charge in [-0.3, -0.25) is 14.5 Å². The number of nitrogens with zero attached hydrogens (tertiary/aromatic N) is 5. The molecule has 2 amide bonds. The van der Waals surface area contributed by atoms with E-state index >= 15 is 0 Å². The lowest BCUT2D eigenvalue weighted by molar-refractivity contribution is -0.135. The van der Waals surface area contributed by atoms with Gasteiger partial charge in [0.05, 0.1) is 24.3 Å². The number of carbonyl (C=O) groups is 3. The number of ketones is 1. The lowest BCUT2D eigenvalue weighted by Gasteiger charge is -2.44. The Morgan fingerprint density at radius 2 is 1.78 bits per heavy atom. The third-order valence-corrected chi connectivity index (χ3v) is 9.69. The number of ether oxygens (including phenoxy) is 1. The Hall–Kier alpha value is -4.91. The van der Waals surface area contributed by atoms with E-state index in [1.54, 1.807) is 35.2 Å². The summed E-state index contributed by atoms with van der Waals surface area (Å²) < 4.78 is 10.5. The number of amides is 2. The van der Waals surface area contributed by atoms with Gasteiger partial charge in [-0.25, -0.2) is 28.3 Å². The number of hydrogen-bond donors (Lipinski definition) is 2. The van der Waals surface area contributed by atoms with E-state index in [0.717, 1.165) is 29.5 Å². The maximum Gasteiger partial charge on any atom is 0.407 e. The number of rotatable bonds is 4. The molecule has 7 rings (SSSR count). The van der Waals surface area contributed by atoms with Crippen LogP contribution in [0.25, 0.3) is 5.69 Å². The van der Waals surface area contributed by atoms with Crippen LogP contribution in [0.4, 0.5) is 4.79 Å². The van der Waals surface area contributed by atoms with E-state index in [-0.39, 0.29) is 37.4 Å². The number of fused-ring (bicyclic) bond motifs is 5. The van der Waals surface area contributed by atoms with Gasteiger partial charge in [-0.1, -0.05) is 18.2 Å². The second-order valence-corrected chi connectivity index (χ2v) is 12.8. The Morgan fingerprint density at radius 1 is 1.02 bits per heavy atom. The van der Waals surface area contributed by atoms with Crippen molar-refractivity contribution >= 4 is 17.8 Å². The first-order chi connectivity index (χ1) is 22.0. The van der Waals surface area contributed by atoms with E-state index in [9.17, 15) is 29.1 Å². The van der Waals surface area contributed by atoms with Crippen molar-refractivity contribution in [1.29, 1.82) is 0 Å². The van der Waals surface area contributed by atoms with E-state index in [1.807, 2.05) is 32.1 Å². The minimum atomic E-state index is -1.07. The van der Waals surface area contributed by atoms with Crippen molar-refractivity contribution < 1.29 is 24.2 Å². The van der Waals surface area contributed by atoms with Gasteiger partial charge in [0.1, 0.15) is 17.4 Å². The number of hydrogen-bond acceptors (Lipinski definition) is 7. The molecule has 1 aromatic heterocycles. The fraction of sp³-hybridized carbons (Fsp3) is 0.424. The van der Waals surface area contributed by atoms with E-state index in [4.69, 9.17) is 4.74 Å². The Bertz CT molecular complexity index is 1910. The highest BCUT2D eigenvalue weighted by atomic mass is 16.5. The largest absolute Gasteiger partial charge is 0.483 e. The van der Waals surface area contributed by atoms with Gasteiger partial charge in [0.25, 0.3) is 0 Å². The molecule has 0 bridgehead atoms. The highest BCUT2D eigenvalue weighted by Crippen LogP contribution is 2.47. The summed E-state index contributed by atoms with van der Waals surface area (Å²) in [6.45, 7) is 6.93. The third-order valence-electron chi connectivity index (χ3n) is 9.69. The van der Waals surface area contributed by atoms with E-state index in [2.05, 4.69) is 5.32 Å². The van der Waals surface area contributed by atoms with Crippen LogP contribution in [0, 0.1) is 0 Å². The lowest BCUT2D eigenvalue weighted by atomic mass is 9.82. The zero-order valence-electron chi connectivity index (χ0n) is 25.9. The number of benzene rings is 2. The zero-order chi connectivity index (χ0) is 32.5. The third kappa shape index (κ3) is 4.68. The molecule has 3 aromatic rings. The number of carbonyl (C=O) groups excluding carboxylic acids is 2. The SMILES string of the molecule is CC(=O)c1ccc(-n2c(=O)n3n(c2=O)C2C(=CC3)C(C)(C)Oc3cc(C4CN(C(=O)[C@@H]5CCCN5)CCN4C(=O)O)ccc32)cc1. The van der Waals surface area contributed by atoms with Crippen molar-refractivity contribution in [2.45, 2.75) is 63.9 Å². The number of allylic oxidation sites excluding steroid dienone is 1. The molecule has 0 radical (unpaired) electrons. The number of nitrogens with one attached hydrogen (secondary N) is 1. The molecule has 2 N–H and O–H groups in total. The average Bonchev–Trinajstić information content (AvgIpc) is 3.66. The first-order valence-electron chi connectivity index (χ1n) is 15.6. The molecule has 2 saturated heterocycles. The first kappa shape index (κ1) is 29.8. The summed E-state index contributed by atoms with van der Waals surface area (Å²) in [7, 11) is 0. The molecule has 2 fully saturated rings. The molecule has 2 unspecified atom stereocenters.